The van der Waals surface area contributed by atoms with Crippen LogP contribution in [0.3, 0.4) is 0 Å². The molecular formula is C29H31N3O4. The smallest absolute Gasteiger partial charge is 0.257 e. The van der Waals surface area contributed by atoms with E-state index in [-0.39, 0.29) is 36.8 Å². The van der Waals surface area contributed by atoms with Gasteiger partial charge in [-0.25, -0.2) is 0 Å². The average Bonchev–Trinajstić information content (AvgIpc) is 3.23. The third-order valence-electron chi connectivity index (χ3n) is 6.17. The largest absolute Gasteiger partial charge is 0.491 e. The highest BCUT2D eigenvalue weighted by Gasteiger charge is 2.35. The molecule has 1 heterocycles. The van der Waals surface area contributed by atoms with Gasteiger partial charge in [0.25, 0.3) is 5.91 Å². The van der Waals surface area contributed by atoms with Gasteiger partial charge >= 0.3 is 0 Å². The standard InChI is InChI=1S/C29H31N3O4/c1-18(2)36-23-14-12-22(13-15-23)32-17-21(16-26(32)33)28(34)30-25-11-6-5-10-24(25)29(35)31-27-19(3)8-7-9-20(27)4/h5-15,18,21H,16-17H2,1-4H3,(H,30,34)(H,31,35). The molecule has 0 spiro atoms. The number of carbonyl (C=O) groups is 3. The lowest BCUT2D eigenvalue weighted by molar-refractivity contribution is -0.122. The van der Waals surface area contributed by atoms with E-state index in [1.165, 1.54) is 0 Å². The lowest BCUT2D eigenvalue weighted by Crippen LogP contribution is -2.28. The predicted octanol–water partition coefficient (Wildman–Crippen LogP) is 5.33. The molecule has 1 aliphatic rings. The minimum atomic E-state index is -0.529. The molecule has 0 bridgehead atoms. The van der Waals surface area contributed by atoms with E-state index >= 15 is 0 Å². The molecule has 2 N–H and O–H groups in total. The van der Waals surface area contributed by atoms with Crippen molar-refractivity contribution in [1.82, 2.24) is 0 Å². The average molecular weight is 486 g/mol. The number of benzene rings is 3. The maximum atomic E-state index is 13.1. The van der Waals surface area contributed by atoms with E-state index in [1.807, 2.05) is 70.2 Å². The summed E-state index contributed by atoms with van der Waals surface area (Å²) in [7, 11) is 0. The van der Waals surface area contributed by atoms with Gasteiger partial charge in [-0.2, -0.15) is 0 Å². The fraction of sp³-hybridized carbons (Fsp3) is 0.276. The zero-order valence-corrected chi connectivity index (χ0v) is 21.0. The molecular weight excluding hydrogens is 454 g/mol. The first-order valence-corrected chi connectivity index (χ1v) is 12.1. The second-order valence-electron chi connectivity index (χ2n) is 9.32. The summed E-state index contributed by atoms with van der Waals surface area (Å²) in [5.74, 6) is -0.521. The molecule has 186 valence electrons. The second-order valence-corrected chi connectivity index (χ2v) is 9.32. The summed E-state index contributed by atoms with van der Waals surface area (Å²) >= 11 is 0. The lowest BCUT2D eigenvalue weighted by Gasteiger charge is -2.18. The summed E-state index contributed by atoms with van der Waals surface area (Å²) in [6.45, 7) is 8.04. The topological polar surface area (TPSA) is 87.7 Å². The highest BCUT2D eigenvalue weighted by molar-refractivity contribution is 6.11. The fourth-order valence-electron chi connectivity index (χ4n) is 4.33. The first kappa shape index (κ1) is 25.0. The van der Waals surface area contributed by atoms with Crippen molar-refractivity contribution in [3.8, 4) is 5.75 Å². The van der Waals surface area contributed by atoms with Crippen molar-refractivity contribution in [1.29, 1.82) is 0 Å². The van der Waals surface area contributed by atoms with Gasteiger partial charge < -0.3 is 20.3 Å². The summed E-state index contributed by atoms with van der Waals surface area (Å²) in [5.41, 5.74) is 4.16. The Morgan fingerprint density at radius 1 is 0.917 bits per heavy atom. The molecule has 0 aliphatic carbocycles. The van der Waals surface area contributed by atoms with Crippen molar-refractivity contribution in [2.24, 2.45) is 5.92 Å². The molecule has 1 aliphatic heterocycles. The van der Waals surface area contributed by atoms with E-state index in [2.05, 4.69) is 10.6 Å². The number of nitrogens with one attached hydrogen (secondary N) is 2. The Kier molecular flexibility index (Phi) is 7.38. The van der Waals surface area contributed by atoms with E-state index in [0.29, 0.717) is 11.3 Å². The van der Waals surface area contributed by atoms with E-state index in [9.17, 15) is 14.4 Å². The Morgan fingerprint density at radius 2 is 1.58 bits per heavy atom. The van der Waals surface area contributed by atoms with Gasteiger partial charge in [0.05, 0.1) is 23.3 Å². The van der Waals surface area contributed by atoms with Crippen molar-refractivity contribution in [3.05, 3.63) is 83.4 Å². The van der Waals surface area contributed by atoms with Gasteiger partial charge in [0.2, 0.25) is 11.8 Å². The summed E-state index contributed by atoms with van der Waals surface area (Å²) in [6, 6.07) is 20.0. The molecule has 36 heavy (non-hydrogen) atoms. The highest BCUT2D eigenvalue weighted by atomic mass is 16.5. The minimum Gasteiger partial charge on any atom is -0.491 e. The van der Waals surface area contributed by atoms with Crippen LogP contribution in [-0.2, 0) is 9.59 Å². The van der Waals surface area contributed by atoms with E-state index in [1.54, 1.807) is 29.2 Å². The molecule has 1 fully saturated rings. The van der Waals surface area contributed by atoms with Gasteiger partial charge in [-0.1, -0.05) is 30.3 Å². The van der Waals surface area contributed by atoms with Crippen molar-refractivity contribution < 1.29 is 19.1 Å². The van der Waals surface area contributed by atoms with Crippen LogP contribution in [0.4, 0.5) is 17.1 Å². The maximum Gasteiger partial charge on any atom is 0.257 e. The molecule has 1 unspecified atom stereocenters. The van der Waals surface area contributed by atoms with Crippen LogP contribution in [0.1, 0.15) is 41.8 Å². The van der Waals surface area contributed by atoms with Crippen LogP contribution in [0, 0.1) is 19.8 Å². The molecule has 7 nitrogen and oxygen atoms in total. The SMILES string of the molecule is Cc1cccc(C)c1NC(=O)c1ccccc1NC(=O)C1CC(=O)N(c2ccc(OC(C)C)cc2)C1. The monoisotopic (exact) mass is 485 g/mol. The molecule has 0 aromatic heterocycles. The van der Waals surface area contributed by atoms with Crippen LogP contribution in [0.15, 0.2) is 66.7 Å². The van der Waals surface area contributed by atoms with Gasteiger partial charge in [0, 0.05) is 24.3 Å². The zero-order chi connectivity index (χ0) is 25.8. The van der Waals surface area contributed by atoms with E-state index < -0.39 is 5.92 Å². The Bertz CT molecular complexity index is 1260. The first-order chi connectivity index (χ1) is 17.2. The van der Waals surface area contributed by atoms with Crippen molar-refractivity contribution >= 4 is 34.8 Å². The number of ether oxygens (including phenoxy) is 1. The molecule has 0 radical (unpaired) electrons. The normalized spacial score (nSPS) is 15.2. The van der Waals surface area contributed by atoms with Gasteiger partial charge in [0.1, 0.15) is 5.75 Å². The van der Waals surface area contributed by atoms with Gasteiger partial charge in [0.15, 0.2) is 0 Å². The second kappa shape index (κ2) is 10.6. The molecule has 0 saturated carbocycles. The van der Waals surface area contributed by atoms with Crippen molar-refractivity contribution in [2.45, 2.75) is 40.2 Å². The molecule has 4 rings (SSSR count). The molecule has 7 heteroatoms. The summed E-state index contributed by atoms with van der Waals surface area (Å²) in [4.78, 5) is 40.5. The van der Waals surface area contributed by atoms with E-state index in [4.69, 9.17) is 4.74 Å². The molecule has 3 amide bonds. The highest BCUT2D eigenvalue weighted by Crippen LogP contribution is 2.29. The van der Waals surface area contributed by atoms with Crippen LogP contribution in [0.2, 0.25) is 0 Å². The summed E-state index contributed by atoms with van der Waals surface area (Å²) < 4.78 is 5.67. The quantitative estimate of drug-likeness (QED) is 0.473. The van der Waals surface area contributed by atoms with Crippen LogP contribution < -0.4 is 20.3 Å². The van der Waals surface area contributed by atoms with Crippen molar-refractivity contribution in [2.75, 3.05) is 22.1 Å². The third kappa shape index (κ3) is 5.57. The minimum absolute atomic E-state index is 0.0584. The Morgan fingerprint density at radius 3 is 2.25 bits per heavy atom. The zero-order valence-electron chi connectivity index (χ0n) is 21.0. The van der Waals surface area contributed by atoms with Crippen LogP contribution >= 0.6 is 0 Å². The first-order valence-electron chi connectivity index (χ1n) is 12.1. The Labute approximate surface area is 211 Å². The Balaban J connectivity index is 1.45. The van der Waals surface area contributed by atoms with Crippen LogP contribution in [-0.4, -0.2) is 30.4 Å². The predicted molar refractivity (Wildman–Crippen MR) is 142 cm³/mol. The van der Waals surface area contributed by atoms with Gasteiger partial charge in [-0.15, -0.1) is 0 Å². The number of nitrogens with zero attached hydrogens (tertiary/aromatic N) is 1. The number of para-hydroxylation sites is 2. The summed E-state index contributed by atoms with van der Waals surface area (Å²) in [6.07, 6.45) is 0.162. The van der Waals surface area contributed by atoms with Crippen LogP contribution in [0.5, 0.6) is 5.75 Å². The number of hydrogen-bond acceptors (Lipinski definition) is 4. The third-order valence-corrected chi connectivity index (χ3v) is 6.17. The molecule has 3 aromatic carbocycles. The number of amides is 3. The van der Waals surface area contributed by atoms with Gasteiger partial charge in [-0.3, -0.25) is 14.4 Å². The van der Waals surface area contributed by atoms with Crippen LogP contribution in [0.25, 0.3) is 0 Å². The molecule has 1 saturated heterocycles. The van der Waals surface area contributed by atoms with Crippen molar-refractivity contribution in [3.63, 3.8) is 0 Å². The number of aryl methyl sites for hydroxylation is 2. The molecule has 1 atom stereocenters. The number of anilines is 3. The fourth-order valence-corrected chi connectivity index (χ4v) is 4.33. The van der Waals surface area contributed by atoms with Gasteiger partial charge in [-0.05, 0) is 75.2 Å². The maximum absolute atomic E-state index is 13.1. The number of hydrogen-bond donors (Lipinski definition) is 2. The number of rotatable bonds is 7. The number of carbonyl (C=O) groups excluding carboxylic acids is 3. The van der Waals surface area contributed by atoms with E-state index in [0.717, 1.165) is 28.3 Å². The lowest BCUT2D eigenvalue weighted by atomic mass is 10.1. The summed E-state index contributed by atoms with van der Waals surface area (Å²) in [5, 5.41) is 5.84. The molecule has 3 aromatic rings. The Hall–Kier alpha value is -4.13.